The minimum absolute atomic E-state index is 0.172. The highest BCUT2D eigenvalue weighted by atomic mass is 16.8. The summed E-state index contributed by atoms with van der Waals surface area (Å²) >= 11 is 0. The third kappa shape index (κ3) is 1.54. The Bertz CT molecular complexity index is 770. The van der Waals surface area contributed by atoms with Gasteiger partial charge in [-0.05, 0) is 24.2 Å². The summed E-state index contributed by atoms with van der Waals surface area (Å²) in [7, 11) is 0. The summed E-state index contributed by atoms with van der Waals surface area (Å²) in [5.74, 6) is -0.926. The maximum absolute atomic E-state index is 12.0. The summed E-state index contributed by atoms with van der Waals surface area (Å²) < 4.78 is 23.9. The van der Waals surface area contributed by atoms with Gasteiger partial charge in [-0.3, -0.25) is 0 Å². The van der Waals surface area contributed by atoms with E-state index in [0.717, 1.165) is 0 Å². The molecule has 2 spiro atoms. The molecular weight excluding hydrogens is 384 g/mol. The molecule has 0 bridgehead atoms. The molecule has 6 rings (SSSR count). The Morgan fingerprint density at radius 3 is 2.28 bits per heavy atom. The van der Waals surface area contributed by atoms with Crippen molar-refractivity contribution in [2.75, 3.05) is 0 Å². The zero-order valence-electron chi connectivity index (χ0n) is 17.0. The Labute approximate surface area is 168 Å². The summed E-state index contributed by atoms with van der Waals surface area (Å²) in [5.41, 5.74) is -5.81. The van der Waals surface area contributed by atoms with Crippen LogP contribution in [0.2, 0.25) is 0 Å². The van der Waals surface area contributed by atoms with Crippen LogP contribution in [0.1, 0.15) is 40.5 Å². The first kappa shape index (κ1) is 19.3. The molecule has 6 aliphatic rings. The van der Waals surface area contributed by atoms with Crippen LogP contribution < -0.4 is 0 Å². The molecule has 2 unspecified atom stereocenters. The van der Waals surface area contributed by atoms with Gasteiger partial charge in [-0.15, -0.1) is 0 Å². The molecule has 0 aromatic carbocycles. The van der Waals surface area contributed by atoms with Crippen LogP contribution in [-0.4, -0.2) is 80.2 Å². The van der Waals surface area contributed by atoms with Crippen molar-refractivity contribution in [3.63, 3.8) is 0 Å². The smallest absolute Gasteiger partial charge is 0.188 e. The highest BCUT2D eigenvalue weighted by Gasteiger charge is 2.99. The third-order valence-corrected chi connectivity index (χ3v) is 9.42. The molecule has 13 atom stereocenters. The van der Waals surface area contributed by atoms with Gasteiger partial charge in [0, 0.05) is 11.3 Å². The topological polar surface area (TPSA) is 138 Å². The van der Waals surface area contributed by atoms with Gasteiger partial charge in [0.15, 0.2) is 30.8 Å². The molecule has 2 saturated carbocycles. The van der Waals surface area contributed by atoms with Crippen LogP contribution in [-0.2, 0) is 18.9 Å². The second-order valence-corrected chi connectivity index (χ2v) is 11.0. The maximum Gasteiger partial charge on any atom is 0.188 e. The molecule has 4 aliphatic heterocycles. The van der Waals surface area contributed by atoms with Crippen LogP contribution >= 0.6 is 0 Å². The van der Waals surface area contributed by atoms with Crippen LogP contribution in [0, 0.1) is 28.1 Å². The molecule has 0 radical (unpaired) electrons. The van der Waals surface area contributed by atoms with Gasteiger partial charge < -0.3 is 44.5 Å². The summed E-state index contributed by atoms with van der Waals surface area (Å²) in [5, 5.41) is 55.3. The Balaban J connectivity index is 1.65. The number of fused-ring (bicyclic) bond motifs is 1. The Morgan fingerprint density at radius 2 is 1.62 bits per heavy atom. The second kappa shape index (κ2) is 5.00. The standard InChI is InChI=1S/C20H30O9/c1-7-12(22)26-10-6-17-9-5-8(16(2,3)4)18(17)11(21)13(23)28-15(18)29-20(17,14(24)27-9)19(7,10)25/h7-15,21-25H,5-6H2,1-4H3/t7-,8+,9-,10+,11+,12?,13+,14?,15+,17+,18-,19-,20+/m1/s1. The van der Waals surface area contributed by atoms with Gasteiger partial charge in [-0.2, -0.15) is 0 Å². The van der Waals surface area contributed by atoms with Gasteiger partial charge in [0.05, 0.1) is 17.6 Å². The number of hydrogen-bond acceptors (Lipinski definition) is 9. The van der Waals surface area contributed by atoms with Gasteiger partial charge in [0.25, 0.3) is 0 Å². The lowest BCUT2D eigenvalue weighted by Gasteiger charge is -2.49. The van der Waals surface area contributed by atoms with Crippen molar-refractivity contribution in [3.05, 3.63) is 0 Å². The highest BCUT2D eigenvalue weighted by molar-refractivity contribution is 5.42. The first-order valence-corrected chi connectivity index (χ1v) is 10.5. The summed E-state index contributed by atoms with van der Waals surface area (Å²) in [6.07, 6.45) is -6.98. The second-order valence-electron chi connectivity index (χ2n) is 11.0. The van der Waals surface area contributed by atoms with E-state index in [0.29, 0.717) is 6.42 Å². The predicted octanol–water partition coefficient (Wildman–Crippen LogP) is -0.965. The fourth-order valence-corrected chi connectivity index (χ4v) is 8.55. The van der Waals surface area contributed by atoms with Crippen molar-refractivity contribution in [1.82, 2.24) is 0 Å². The fourth-order valence-electron chi connectivity index (χ4n) is 8.55. The van der Waals surface area contributed by atoms with Crippen molar-refractivity contribution in [2.24, 2.45) is 28.1 Å². The molecule has 0 amide bonds. The van der Waals surface area contributed by atoms with Gasteiger partial charge in [-0.1, -0.05) is 27.7 Å². The molecule has 164 valence electrons. The van der Waals surface area contributed by atoms with Crippen molar-refractivity contribution < 1.29 is 44.5 Å². The summed E-state index contributed by atoms with van der Waals surface area (Å²) in [4.78, 5) is 0. The van der Waals surface area contributed by atoms with E-state index in [-0.39, 0.29) is 17.8 Å². The van der Waals surface area contributed by atoms with Crippen LogP contribution in [0.3, 0.4) is 0 Å². The number of ether oxygens (including phenoxy) is 4. The van der Waals surface area contributed by atoms with Crippen LogP contribution in [0.5, 0.6) is 0 Å². The molecule has 6 fully saturated rings. The molecule has 0 aromatic heterocycles. The number of aliphatic hydroxyl groups is 5. The summed E-state index contributed by atoms with van der Waals surface area (Å²) in [6.45, 7) is 7.83. The number of rotatable bonds is 0. The Kier molecular flexibility index (Phi) is 3.33. The minimum Gasteiger partial charge on any atom is -0.387 e. The van der Waals surface area contributed by atoms with Gasteiger partial charge >= 0.3 is 0 Å². The normalized spacial score (nSPS) is 67.6. The molecule has 2 aliphatic carbocycles. The van der Waals surface area contributed by atoms with E-state index >= 15 is 0 Å². The van der Waals surface area contributed by atoms with Crippen molar-refractivity contribution >= 4 is 0 Å². The molecule has 0 aromatic rings. The zero-order valence-corrected chi connectivity index (χ0v) is 17.0. The van der Waals surface area contributed by atoms with E-state index in [1.54, 1.807) is 6.92 Å². The van der Waals surface area contributed by atoms with Gasteiger partial charge in [0.2, 0.25) is 0 Å². The van der Waals surface area contributed by atoms with Crippen LogP contribution in [0.25, 0.3) is 0 Å². The molecule has 4 saturated heterocycles. The first-order valence-electron chi connectivity index (χ1n) is 10.5. The zero-order chi connectivity index (χ0) is 20.9. The molecule has 5 N–H and O–H groups in total. The van der Waals surface area contributed by atoms with E-state index in [2.05, 4.69) is 20.8 Å². The minimum atomic E-state index is -1.74. The maximum atomic E-state index is 12.0. The molecule has 9 nitrogen and oxygen atoms in total. The monoisotopic (exact) mass is 414 g/mol. The molecule has 9 heteroatoms. The lowest BCUT2D eigenvalue weighted by Crippen LogP contribution is -2.67. The lowest BCUT2D eigenvalue weighted by atomic mass is 9.51. The van der Waals surface area contributed by atoms with Crippen molar-refractivity contribution in [1.29, 1.82) is 0 Å². The average molecular weight is 414 g/mol. The van der Waals surface area contributed by atoms with E-state index in [9.17, 15) is 25.5 Å². The van der Waals surface area contributed by atoms with E-state index in [4.69, 9.17) is 18.9 Å². The SMILES string of the molecule is C[C@@H]1C(O)O[C@H]2C[C@]34[C@H]5C[C@@H](C(C)(C)C)[C@@]36[C@@H](O[C@H](O)[C@@H]6O)O[C@]4(C(O)O5)[C@]21O. The first-order chi connectivity index (χ1) is 13.4. The average Bonchev–Trinajstić information content (AvgIpc) is 3.31. The Morgan fingerprint density at radius 1 is 0.931 bits per heavy atom. The van der Waals surface area contributed by atoms with Gasteiger partial charge in [0.1, 0.15) is 11.7 Å². The molecular formula is C20H30O9. The van der Waals surface area contributed by atoms with Crippen molar-refractivity contribution in [3.8, 4) is 0 Å². The largest absolute Gasteiger partial charge is 0.387 e. The third-order valence-electron chi connectivity index (χ3n) is 9.42. The highest BCUT2D eigenvalue weighted by Crippen LogP contribution is 2.85. The predicted molar refractivity (Wildman–Crippen MR) is 93.6 cm³/mol. The number of hydrogen-bond donors (Lipinski definition) is 5. The summed E-state index contributed by atoms with van der Waals surface area (Å²) in [6, 6.07) is 0. The van der Waals surface area contributed by atoms with Crippen molar-refractivity contribution in [2.45, 2.75) is 95.2 Å². The van der Waals surface area contributed by atoms with E-state index in [1.807, 2.05) is 0 Å². The fraction of sp³-hybridized carbons (Fsp3) is 1.00. The lowest BCUT2D eigenvalue weighted by molar-refractivity contribution is -0.310. The molecule has 4 heterocycles. The Hall–Kier alpha value is -0.360. The quantitative estimate of drug-likeness (QED) is 0.339. The van der Waals surface area contributed by atoms with E-state index < -0.39 is 71.4 Å². The van der Waals surface area contributed by atoms with Crippen LogP contribution in [0.4, 0.5) is 0 Å². The van der Waals surface area contributed by atoms with Gasteiger partial charge in [-0.25, -0.2) is 0 Å². The van der Waals surface area contributed by atoms with E-state index in [1.165, 1.54) is 0 Å². The van der Waals surface area contributed by atoms with Crippen LogP contribution in [0.15, 0.2) is 0 Å². The number of aliphatic hydroxyl groups excluding tert-OH is 4. The molecule has 29 heavy (non-hydrogen) atoms.